The lowest BCUT2D eigenvalue weighted by Gasteiger charge is -2.32. The number of anilines is 1. The Balaban J connectivity index is 2.57. The van der Waals surface area contributed by atoms with Crippen LogP contribution >= 0.6 is 0 Å². The third kappa shape index (κ3) is 1.96. The molecule has 1 aliphatic heterocycles. The number of aryl methyl sites for hydroxylation is 1. The number of carboxylic acid groups (broad SMARTS) is 1. The summed E-state index contributed by atoms with van der Waals surface area (Å²) in [6.45, 7) is 3.52. The van der Waals surface area contributed by atoms with Gasteiger partial charge in [-0.3, -0.25) is 4.79 Å². The van der Waals surface area contributed by atoms with E-state index in [2.05, 4.69) is 5.32 Å². The zero-order valence-electron chi connectivity index (χ0n) is 10.2. The molecule has 0 aromatic heterocycles. The van der Waals surface area contributed by atoms with Crippen molar-refractivity contribution < 1.29 is 18.3 Å². The van der Waals surface area contributed by atoms with Crippen molar-refractivity contribution in [2.45, 2.75) is 36.5 Å². The highest BCUT2D eigenvalue weighted by molar-refractivity contribution is 7.92. The number of benzene rings is 1. The normalized spacial score (nSPS) is 25.0. The number of aliphatic carboxylic acids is 1. The molecule has 0 saturated carbocycles. The molecule has 0 radical (unpaired) electrons. The molecule has 2 N–H and O–H groups in total. The number of hydrogen-bond donors (Lipinski definition) is 2. The van der Waals surface area contributed by atoms with Crippen molar-refractivity contribution in [3.8, 4) is 0 Å². The number of carboxylic acids is 1. The van der Waals surface area contributed by atoms with Gasteiger partial charge in [0.15, 0.2) is 9.84 Å². The van der Waals surface area contributed by atoms with E-state index in [0.717, 1.165) is 5.56 Å². The fourth-order valence-corrected chi connectivity index (χ4v) is 4.34. The van der Waals surface area contributed by atoms with E-state index in [1.54, 1.807) is 13.0 Å². The van der Waals surface area contributed by atoms with Crippen LogP contribution in [0.15, 0.2) is 23.1 Å². The summed E-state index contributed by atoms with van der Waals surface area (Å²) in [6, 6.07) is 4.60. The highest BCUT2D eigenvalue weighted by Crippen LogP contribution is 2.35. The highest BCUT2D eigenvalue weighted by atomic mass is 32.2. The Labute approximate surface area is 106 Å². The molecule has 0 saturated heterocycles. The third-order valence-corrected chi connectivity index (χ3v) is 5.57. The molecule has 1 aromatic carbocycles. The van der Waals surface area contributed by atoms with Crippen LogP contribution in [0.2, 0.25) is 0 Å². The molecule has 5 nitrogen and oxygen atoms in total. The Morgan fingerprint density at radius 3 is 2.72 bits per heavy atom. The van der Waals surface area contributed by atoms with Gasteiger partial charge in [-0.15, -0.1) is 0 Å². The van der Waals surface area contributed by atoms with Gasteiger partial charge in [-0.25, -0.2) is 8.42 Å². The molecule has 2 unspecified atom stereocenters. The first-order chi connectivity index (χ1) is 8.34. The van der Waals surface area contributed by atoms with E-state index in [9.17, 15) is 13.2 Å². The molecule has 0 spiro atoms. The number of nitrogens with one attached hydrogen (secondary N) is 1. The average molecular weight is 269 g/mol. The third-order valence-electron chi connectivity index (χ3n) is 3.25. The lowest BCUT2D eigenvalue weighted by Crippen LogP contribution is -2.43. The van der Waals surface area contributed by atoms with Gasteiger partial charge in [-0.1, -0.05) is 12.1 Å². The molecule has 0 aliphatic carbocycles. The number of fused-ring (bicyclic) bond motifs is 1. The average Bonchev–Trinajstić information content (AvgIpc) is 2.26. The van der Waals surface area contributed by atoms with Crippen molar-refractivity contribution in [3.63, 3.8) is 0 Å². The lowest BCUT2D eigenvalue weighted by molar-refractivity contribution is -0.137. The highest BCUT2D eigenvalue weighted by Gasteiger charge is 2.40. The van der Waals surface area contributed by atoms with Gasteiger partial charge < -0.3 is 10.4 Å². The van der Waals surface area contributed by atoms with Crippen LogP contribution in [0.1, 0.15) is 18.9 Å². The quantitative estimate of drug-likeness (QED) is 0.848. The summed E-state index contributed by atoms with van der Waals surface area (Å²) in [5.74, 6) is -1.10. The summed E-state index contributed by atoms with van der Waals surface area (Å²) >= 11 is 0. The Hall–Kier alpha value is -1.56. The summed E-state index contributed by atoms with van der Waals surface area (Å²) in [7, 11) is -3.59. The van der Waals surface area contributed by atoms with Gasteiger partial charge in [-0.05, 0) is 25.5 Å². The van der Waals surface area contributed by atoms with Gasteiger partial charge in [-0.2, -0.15) is 0 Å². The molecule has 18 heavy (non-hydrogen) atoms. The summed E-state index contributed by atoms with van der Waals surface area (Å²) in [4.78, 5) is 11.0. The van der Waals surface area contributed by atoms with Crippen LogP contribution in [-0.2, 0) is 14.6 Å². The molecule has 1 heterocycles. The van der Waals surface area contributed by atoms with Gasteiger partial charge in [0.1, 0.15) is 0 Å². The number of hydrogen-bond acceptors (Lipinski definition) is 4. The first-order valence-corrected chi connectivity index (χ1v) is 7.20. The van der Waals surface area contributed by atoms with Crippen molar-refractivity contribution in [3.05, 3.63) is 23.8 Å². The topological polar surface area (TPSA) is 83.5 Å². The number of para-hydroxylation sites is 1. The van der Waals surface area contributed by atoms with Crippen molar-refractivity contribution >= 4 is 21.5 Å². The Morgan fingerprint density at radius 2 is 2.11 bits per heavy atom. The number of carbonyl (C=O) groups is 1. The first kappa shape index (κ1) is 12.9. The predicted octanol–water partition coefficient (Wildman–Crippen LogP) is 1.43. The first-order valence-electron chi connectivity index (χ1n) is 5.66. The molecule has 0 amide bonds. The second kappa shape index (κ2) is 4.28. The van der Waals surface area contributed by atoms with Gasteiger partial charge in [0.05, 0.1) is 22.3 Å². The molecule has 2 rings (SSSR count). The van der Waals surface area contributed by atoms with Crippen LogP contribution < -0.4 is 5.32 Å². The predicted molar refractivity (Wildman–Crippen MR) is 67.5 cm³/mol. The molecule has 0 bridgehead atoms. The van der Waals surface area contributed by atoms with E-state index in [1.807, 2.05) is 13.0 Å². The van der Waals surface area contributed by atoms with Crippen LogP contribution in [0.5, 0.6) is 0 Å². The number of rotatable bonds is 2. The van der Waals surface area contributed by atoms with E-state index in [4.69, 9.17) is 5.11 Å². The Kier molecular flexibility index (Phi) is 3.06. The largest absolute Gasteiger partial charge is 0.481 e. The van der Waals surface area contributed by atoms with Crippen molar-refractivity contribution in [1.29, 1.82) is 0 Å². The van der Waals surface area contributed by atoms with Crippen molar-refractivity contribution in [1.82, 2.24) is 0 Å². The van der Waals surface area contributed by atoms with Crippen molar-refractivity contribution in [2.75, 3.05) is 5.32 Å². The molecule has 2 atom stereocenters. The Morgan fingerprint density at radius 1 is 1.44 bits per heavy atom. The maximum Gasteiger partial charge on any atom is 0.304 e. The van der Waals surface area contributed by atoms with Gasteiger partial charge >= 0.3 is 5.97 Å². The van der Waals surface area contributed by atoms with Gasteiger partial charge in [0.2, 0.25) is 0 Å². The summed E-state index contributed by atoms with van der Waals surface area (Å²) < 4.78 is 24.8. The van der Waals surface area contributed by atoms with E-state index < -0.39 is 27.1 Å². The minimum Gasteiger partial charge on any atom is -0.481 e. The Bertz CT molecular complexity index is 594. The van der Waals surface area contributed by atoms with Gasteiger partial charge in [0, 0.05) is 6.04 Å². The maximum atomic E-state index is 12.4. The van der Waals surface area contributed by atoms with E-state index in [-0.39, 0.29) is 11.3 Å². The zero-order valence-corrected chi connectivity index (χ0v) is 11.0. The fraction of sp³-hybridized carbons (Fsp3) is 0.417. The second-order valence-corrected chi connectivity index (χ2v) is 6.70. The molecule has 98 valence electrons. The molecular formula is C12H15NO4S. The van der Waals surface area contributed by atoms with Crippen LogP contribution in [-0.4, -0.2) is 30.8 Å². The summed E-state index contributed by atoms with van der Waals surface area (Å²) in [6.07, 6.45) is -0.385. The molecule has 6 heteroatoms. The molecule has 1 aliphatic rings. The van der Waals surface area contributed by atoms with E-state index >= 15 is 0 Å². The van der Waals surface area contributed by atoms with Crippen LogP contribution in [0.4, 0.5) is 5.69 Å². The smallest absolute Gasteiger partial charge is 0.304 e. The maximum absolute atomic E-state index is 12.4. The zero-order chi connectivity index (χ0) is 13.5. The standard InChI is InChI=1S/C12H15NO4S/c1-7-4-3-5-9-12(7)13-8(2)10(6-11(14)15)18(9,16)17/h3-5,8,10,13H,6H2,1-2H3,(H,14,15). The monoisotopic (exact) mass is 269 g/mol. The van der Waals surface area contributed by atoms with E-state index in [0.29, 0.717) is 5.69 Å². The van der Waals surface area contributed by atoms with Crippen LogP contribution in [0.3, 0.4) is 0 Å². The lowest BCUT2D eigenvalue weighted by atomic mass is 10.1. The SMILES string of the molecule is Cc1cccc2c1NC(C)C(CC(=O)O)S2(=O)=O. The van der Waals surface area contributed by atoms with E-state index in [1.165, 1.54) is 6.07 Å². The molecular weight excluding hydrogens is 254 g/mol. The van der Waals surface area contributed by atoms with Crippen LogP contribution in [0.25, 0.3) is 0 Å². The summed E-state index contributed by atoms with van der Waals surface area (Å²) in [5.41, 5.74) is 1.43. The minimum absolute atomic E-state index is 0.201. The summed E-state index contributed by atoms with van der Waals surface area (Å²) in [5, 5.41) is 11.0. The fourth-order valence-electron chi connectivity index (χ4n) is 2.27. The second-order valence-electron chi connectivity index (χ2n) is 4.56. The minimum atomic E-state index is -3.59. The van der Waals surface area contributed by atoms with Crippen molar-refractivity contribution in [2.24, 2.45) is 0 Å². The van der Waals surface area contributed by atoms with Crippen LogP contribution in [0, 0.1) is 6.92 Å². The molecule has 1 aromatic rings. The number of sulfone groups is 1. The molecule has 0 fully saturated rings. The van der Waals surface area contributed by atoms with Gasteiger partial charge in [0.25, 0.3) is 0 Å².